The van der Waals surface area contributed by atoms with Crippen molar-refractivity contribution in [1.29, 1.82) is 0 Å². The van der Waals surface area contributed by atoms with Crippen LogP contribution < -0.4 is 5.32 Å². The van der Waals surface area contributed by atoms with Gasteiger partial charge in [0, 0.05) is 11.3 Å². The first-order valence-corrected chi connectivity index (χ1v) is 7.41. The molecule has 0 aliphatic heterocycles. The molecule has 0 aliphatic rings. The summed E-state index contributed by atoms with van der Waals surface area (Å²) in [7, 11) is 0. The van der Waals surface area contributed by atoms with Gasteiger partial charge in [-0.15, -0.1) is 11.3 Å². The third-order valence-corrected chi connectivity index (χ3v) is 4.13. The number of hydrogen-bond acceptors (Lipinski definition) is 2. The van der Waals surface area contributed by atoms with Gasteiger partial charge in [0.05, 0.1) is 6.04 Å². The van der Waals surface area contributed by atoms with Gasteiger partial charge in [-0.05, 0) is 37.3 Å². The number of amides is 1. The van der Waals surface area contributed by atoms with Gasteiger partial charge in [0.25, 0.3) is 0 Å². The molecule has 0 radical (unpaired) electrons. The van der Waals surface area contributed by atoms with Gasteiger partial charge in [-0.2, -0.15) is 0 Å². The molecule has 0 spiro atoms. The van der Waals surface area contributed by atoms with Crippen LogP contribution in [0.25, 0.3) is 0 Å². The molecule has 1 N–H and O–H groups in total. The van der Waals surface area contributed by atoms with E-state index >= 15 is 0 Å². The highest BCUT2D eigenvalue weighted by Crippen LogP contribution is 2.18. The van der Waals surface area contributed by atoms with Crippen molar-refractivity contribution in [1.82, 2.24) is 5.32 Å². The molecule has 2 aromatic rings. The highest BCUT2D eigenvalue weighted by Gasteiger charge is 2.10. The maximum atomic E-state index is 11.9. The molecule has 1 aromatic heterocycles. The van der Waals surface area contributed by atoms with Gasteiger partial charge in [-0.1, -0.05) is 35.9 Å². The molecule has 100 valence electrons. The number of carbonyl (C=O) groups is 1. The molecule has 1 unspecified atom stereocenters. The topological polar surface area (TPSA) is 29.1 Å². The minimum atomic E-state index is 0.102. The van der Waals surface area contributed by atoms with Crippen LogP contribution in [0.2, 0.25) is 0 Å². The lowest BCUT2D eigenvalue weighted by molar-refractivity contribution is -0.121. The standard InChI is InChI=1S/C16H19NOS/c1-12-5-3-6-14(11-12)8-9-16(18)17-13(2)15-7-4-10-19-15/h3-7,10-11,13H,8-9H2,1-2H3,(H,17,18). The predicted octanol–water partition coefficient (Wildman–Crippen LogP) is 3.87. The second-order valence-electron chi connectivity index (χ2n) is 4.79. The Morgan fingerprint density at radius 3 is 2.84 bits per heavy atom. The minimum absolute atomic E-state index is 0.102. The average Bonchev–Trinajstić information content (AvgIpc) is 2.90. The summed E-state index contributed by atoms with van der Waals surface area (Å²) >= 11 is 1.67. The van der Waals surface area contributed by atoms with Crippen LogP contribution in [0, 0.1) is 6.92 Å². The summed E-state index contributed by atoms with van der Waals surface area (Å²) in [5.74, 6) is 0.113. The molecule has 1 atom stereocenters. The van der Waals surface area contributed by atoms with E-state index in [1.165, 1.54) is 16.0 Å². The molecular formula is C16H19NOS. The first-order chi connectivity index (χ1) is 9.15. The Kier molecular flexibility index (Phi) is 4.74. The Labute approximate surface area is 118 Å². The normalized spacial score (nSPS) is 12.1. The monoisotopic (exact) mass is 273 g/mol. The van der Waals surface area contributed by atoms with Gasteiger partial charge in [-0.3, -0.25) is 4.79 Å². The summed E-state index contributed by atoms with van der Waals surface area (Å²) in [5.41, 5.74) is 2.46. The fourth-order valence-corrected chi connectivity index (χ4v) is 2.78. The predicted molar refractivity (Wildman–Crippen MR) is 80.4 cm³/mol. The van der Waals surface area contributed by atoms with Crippen molar-refractivity contribution >= 4 is 17.2 Å². The van der Waals surface area contributed by atoms with Gasteiger partial charge in [0.15, 0.2) is 0 Å². The largest absolute Gasteiger partial charge is 0.349 e. The molecule has 1 aromatic carbocycles. The molecular weight excluding hydrogens is 254 g/mol. The van der Waals surface area contributed by atoms with Gasteiger partial charge in [-0.25, -0.2) is 0 Å². The summed E-state index contributed by atoms with van der Waals surface area (Å²) in [6, 6.07) is 12.5. The first-order valence-electron chi connectivity index (χ1n) is 6.53. The number of aryl methyl sites for hydroxylation is 2. The molecule has 2 rings (SSSR count). The number of nitrogens with one attached hydrogen (secondary N) is 1. The SMILES string of the molecule is Cc1cccc(CCC(=O)NC(C)c2cccs2)c1. The maximum absolute atomic E-state index is 11.9. The van der Waals surface area contributed by atoms with Gasteiger partial charge in [0.2, 0.25) is 5.91 Å². The van der Waals surface area contributed by atoms with Gasteiger partial charge < -0.3 is 5.32 Å². The van der Waals surface area contributed by atoms with Crippen molar-refractivity contribution in [3.63, 3.8) is 0 Å². The van der Waals surface area contributed by atoms with Gasteiger partial charge >= 0.3 is 0 Å². The molecule has 0 aliphatic carbocycles. The molecule has 2 nitrogen and oxygen atoms in total. The van der Waals surface area contributed by atoms with Crippen LogP contribution in [0.5, 0.6) is 0 Å². The molecule has 3 heteroatoms. The lowest BCUT2D eigenvalue weighted by Gasteiger charge is -2.12. The van der Waals surface area contributed by atoms with E-state index in [0.29, 0.717) is 6.42 Å². The zero-order chi connectivity index (χ0) is 13.7. The van der Waals surface area contributed by atoms with Crippen LogP contribution in [0.1, 0.15) is 35.4 Å². The number of benzene rings is 1. The molecule has 0 saturated carbocycles. The van der Waals surface area contributed by atoms with E-state index in [4.69, 9.17) is 0 Å². The van der Waals surface area contributed by atoms with E-state index < -0.39 is 0 Å². The van der Waals surface area contributed by atoms with Crippen LogP contribution in [-0.2, 0) is 11.2 Å². The van der Waals surface area contributed by atoms with E-state index in [2.05, 4.69) is 36.5 Å². The van der Waals surface area contributed by atoms with Crippen LogP contribution in [-0.4, -0.2) is 5.91 Å². The second-order valence-corrected chi connectivity index (χ2v) is 5.77. The maximum Gasteiger partial charge on any atom is 0.220 e. The molecule has 0 bridgehead atoms. The Balaban J connectivity index is 1.82. The van der Waals surface area contributed by atoms with Crippen LogP contribution in [0.4, 0.5) is 0 Å². The van der Waals surface area contributed by atoms with Crippen molar-refractivity contribution in [3.8, 4) is 0 Å². The van der Waals surface area contributed by atoms with Crippen LogP contribution >= 0.6 is 11.3 Å². The molecule has 0 fully saturated rings. The minimum Gasteiger partial charge on any atom is -0.349 e. The zero-order valence-electron chi connectivity index (χ0n) is 11.3. The van der Waals surface area contributed by atoms with Crippen molar-refractivity contribution in [3.05, 3.63) is 57.8 Å². The summed E-state index contributed by atoms with van der Waals surface area (Å²) in [4.78, 5) is 13.1. The Morgan fingerprint density at radius 1 is 1.32 bits per heavy atom. The Morgan fingerprint density at radius 2 is 2.16 bits per heavy atom. The number of rotatable bonds is 5. The van der Waals surface area contributed by atoms with E-state index in [1.807, 2.05) is 24.4 Å². The second kappa shape index (κ2) is 6.53. The number of thiophene rings is 1. The smallest absolute Gasteiger partial charge is 0.220 e. The van der Waals surface area contributed by atoms with E-state index in [0.717, 1.165) is 6.42 Å². The molecule has 0 saturated heterocycles. The Hall–Kier alpha value is -1.61. The fraction of sp³-hybridized carbons (Fsp3) is 0.312. The molecule has 1 heterocycles. The quantitative estimate of drug-likeness (QED) is 0.880. The molecule has 1 amide bonds. The van der Waals surface area contributed by atoms with Crippen molar-refractivity contribution in [2.24, 2.45) is 0 Å². The first kappa shape index (κ1) is 13.8. The third kappa shape index (κ3) is 4.21. The number of hydrogen-bond donors (Lipinski definition) is 1. The summed E-state index contributed by atoms with van der Waals surface area (Å²) in [5, 5.41) is 5.07. The zero-order valence-corrected chi connectivity index (χ0v) is 12.2. The van der Waals surface area contributed by atoms with E-state index in [9.17, 15) is 4.79 Å². The molecule has 19 heavy (non-hydrogen) atoms. The van der Waals surface area contributed by atoms with Crippen molar-refractivity contribution in [2.75, 3.05) is 0 Å². The highest BCUT2D eigenvalue weighted by molar-refractivity contribution is 7.10. The Bertz CT molecular complexity index is 533. The van der Waals surface area contributed by atoms with Crippen molar-refractivity contribution < 1.29 is 4.79 Å². The average molecular weight is 273 g/mol. The lowest BCUT2D eigenvalue weighted by Crippen LogP contribution is -2.26. The summed E-state index contributed by atoms with van der Waals surface area (Å²) < 4.78 is 0. The fourth-order valence-electron chi connectivity index (χ4n) is 2.05. The van der Waals surface area contributed by atoms with E-state index in [1.54, 1.807) is 11.3 Å². The van der Waals surface area contributed by atoms with Crippen molar-refractivity contribution in [2.45, 2.75) is 32.7 Å². The third-order valence-electron chi connectivity index (χ3n) is 3.07. The lowest BCUT2D eigenvalue weighted by atomic mass is 10.1. The summed E-state index contributed by atoms with van der Waals surface area (Å²) in [6.07, 6.45) is 1.34. The number of carbonyl (C=O) groups excluding carboxylic acids is 1. The highest BCUT2D eigenvalue weighted by atomic mass is 32.1. The van der Waals surface area contributed by atoms with Crippen LogP contribution in [0.3, 0.4) is 0 Å². The van der Waals surface area contributed by atoms with E-state index in [-0.39, 0.29) is 11.9 Å². The summed E-state index contributed by atoms with van der Waals surface area (Å²) in [6.45, 7) is 4.10. The van der Waals surface area contributed by atoms with Gasteiger partial charge in [0.1, 0.15) is 0 Å². The van der Waals surface area contributed by atoms with Crippen LogP contribution in [0.15, 0.2) is 41.8 Å².